The molecule has 0 saturated heterocycles. The van der Waals surface area contributed by atoms with E-state index in [1.807, 2.05) is 7.05 Å². The number of nitrogens with one attached hydrogen (secondary N) is 1. The molecule has 0 rings (SSSR count). The summed E-state index contributed by atoms with van der Waals surface area (Å²) in [4.78, 5) is 10.9. The molecule has 80 valence electrons. The highest BCUT2D eigenvalue weighted by Gasteiger charge is 2.17. The van der Waals surface area contributed by atoms with Crippen molar-refractivity contribution in [1.82, 2.24) is 5.32 Å². The Hall–Kier alpha value is -0.280. The molecule has 13 heavy (non-hydrogen) atoms. The number of halogens is 1. The van der Waals surface area contributed by atoms with E-state index in [9.17, 15) is 4.79 Å². The lowest BCUT2D eigenvalue weighted by Crippen LogP contribution is -2.34. The summed E-state index contributed by atoms with van der Waals surface area (Å²) < 4.78 is 4.60. The second-order valence-corrected chi connectivity index (χ2v) is 3.06. The summed E-state index contributed by atoms with van der Waals surface area (Å²) in [6.45, 7) is 4.25. The van der Waals surface area contributed by atoms with Crippen molar-refractivity contribution in [2.75, 3.05) is 14.2 Å². The van der Waals surface area contributed by atoms with E-state index in [0.717, 1.165) is 6.42 Å². The number of carbonyl (C=O) groups is 1. The summed E-state index contributed by atoms with van der Waals surface area (Å²) in [5, 5.41) is 3.12. The van der Waals surface area contributed by atoms with Gasteiger partial charge < -0.3 is 10.1 Å². The third-order valence-electron chi connectivity index (χ3n) is 2.32. The first-order valence-electron chi connectivity index (χ1n) is 4.39. The van der Waals surface area contributed by atoms with Crippen LogP contribution in [0, 0.1) is 5.92 Å². The maximum atomic E-state index is 10.9. The molecular formula is C9H20ClNO2. The molecule has 3 nitrogen and oxygen atoms in total. The van der Waals surface area contributed by atoms with Gasteiger partial charge in [0.05, 0.1) is 13.5 Å². The summed E-state index contributed by atoms with van der Waals surface area (Å²) in [6.07, 6.45) is 1.53. The molecular weight excluding hydrogens is 190 g/mol. The Bertz CT molecular complexity index is 142. The highest BCUT2D eigenvalue weighted by molar-refractivity contribution is 5.85. The third-order valence-corrected chi connectivity index (χ3v) is 2.32. The molecule has 0 unspecified atom stereocenters. The molecule has 0 fully saturated rings. The number of methoxy groups -OCH3 is 1. The molecule has 0 saturated carbocycles. The molecule has 0 aromatic heterocycles. The molecule has 4 heteroatoms. The predicted molar refractivity (Wildman–Crippen MR) is 56.2 cm³/mol. The SMILES string of the molecule is CC[C@H](C)[C@@H](CC(=O)OC)NC.Cl. The van der Waals surface area contributed by atoms with Gasteiger partial charge in [-0.1, -0.05) is 20.3 Å². The zero-order chi connectivity index (χ0) is 9.56. The minimum Gasteiger partial charge on any atom is -0.469 e. The highest BCUT2D eigenvalue weighted by Crippen LogP contribution is 2.10. The van der Waals surface area contributed by atoms with E-state index in [1.165, 1.54) is 7.11 Å². The van der Waals surface area contributed by atoms with Crippen molar-refractivity contribution in [3.8, 4) is 0 Å². The molecule has 2 atom stereocenters. The number of esters is 1. The lowest BCUT2D eigenvalue weighted by molar-refractivity contribution is -0.141. The van der Waals surface area contributed by atoms with Crippen molar-refractivity contribution in [2.45, 2.75) is 32.7 Å². The van der Waals surface area contributed by atoms with E-state index in [1.54, 1.807) is 0 Å². The van der Waals surface area contributed by atoms with E-state index in [4.69, 9.17) is 0 Å². The van der Waals surface area contributed by atoms with Crippen LogP contribution in [0.25, 0.3) is 0 Å². The van der Waals surface area contributed by atoms with Crippen LogP contribution in [-0.2, 0) is 9.53 Å². The van der Waals surface area contributed by atoms with Crippen molar-refractivity contribution in [1.29, 1.82) is 0 Å². The van der Waals surface area contributed by atoms with Gasteiger partial charge in [0.1, 0.15) is 0 Å². The minimum atomic E-state index is -0.144. The molecule has 0 bridgehead atoms. The minimum absolute atomic E-state index is 0. The van der Waals surface area contributed by atoms with Crippen LogP contribution in [0.15, 0.2) is 0 Å². The smallest absolute Gasteiger partial charge is 0.307 e. The quantitative estimate of drug-likeness (QED) is 0.700. The van der Waals surface area contributed by atoms with Crippen molar-refractivity contribution in [3.05, 3.63) is 0 Å². The van der Waals surface area contributed by atoms with Gasteiger partial charge in [0.15, 0.2) is 0 Å². The maximum absolute atomic E-state index is 10.9. The molecule has 0 aliphatic carbocycles. The van der Waals surface area contributed by atoms with E-state index in [2.05, 4.69) is 23.9 Å². The average molecular weight is 210 g/mol. The topological polar surface area (TPSA) is 38.3 Å². The normalized spacial score (nSPS) is 14.2. The molecule has 0 heterocycles. The zero-order valence-electron chi connectivity index (χ0n) is 8.79. The van der Waals surface area contributed by atoms with E-state index in [0.29, 0.717) is 12.3 Å². The summed E-state index contributed by atoms with van der Waals surface area (Å²) in [5.41, 5.74) is 0. The summed E-state index contributed by atoms with van der Waals surface area (Å²) >= 11 is 0. The van der Waals surface area contributed by atoms with Gasteiger partial charge in [-0.15, -0.1) is 12.4 Å². The van der Waals surface area contributed by atoms with Gasteiger partial charge in [-0.25, -0.2) is 0 Å². The molecule has 0 spiro atoms. The van der Waals surface area contributed by atoms with Gasteiger partial charge in [-0.2, -0.15) is 0 Å². The molecule has 0 aliphatic rings. The fourth-order valence-electron chi connectivity index (χ4n) is 1.14. The first-order valence-corrected chi connectivity index (χ1v) is 4.39. The van der Waals surface area contributed by atoms with Crippen LogP contribution < -0.4 is 5.32 Å². The van der Waals surface area contributed by atoms with Gasteiger partial charge in [0.25, 0.3) is 0 Å². The van der Waals surface area contributed by atoms with E-state index >= 15 is 0 Å². The molecule has 0 aromatic rings. The number of rotatable bonds is 5. The van der Waals surface area contributed by atoms with Gasteiger partial charge in [-0.05, 0) is 13.0 Å². The highest BCUT2D eigenvalue weighted by atomic mass is 35.5. The summed E-state index contributed by atoms with van der Waals surface area (Å²) in [6, 6.07) is 0.238. The van der Waals surface area contributed by atoms with Crippen LogP contribution in [0.2, 0.25) is 0 Å². The monoisotopic (exact) mass is 209 g/mol. The van der Waals surface area contributed by atoms with Gasteiger partial charge in [-0.3, -0.25) is 4.79 Å². The molecule has 0 amide bonds. The lowest BCUT2D eigenvalue weighted by Gasteiger charge is -2.20. The first-order chi connectivity index (χ1) is 5.65. The Balaban J connectivity index is 0. The van der Waals surface area contributed by atoms with Crippen LogP contribution in [0.5, 0.6) is 0 Å². The fourth-order valence-corrected chi connectivity index (χ4v) is 1.14. The molecule has 1 N–H and O–H groups in total. The van der Waals surface area contributed by atoms with Crippen molar-refractivity contribution in [3.63, 3.8) is 0 Å². The van der Waals surface area contributed by atoms with Crippen LogP contribution in [0.1, 0.15) is 26.7 Å². The second kappa shape index (κ2) is 8.32. The van der Waals surface area contributed by atoms with Crippen molar-refractivity contribution < 1.29 is 9.53 Å². The van der Waals surface area contributed by atoms with Gasteiger partial charge in [0.2, 0.25) is 0 Å². The Morgan fingerprint density at radius 1 is 1.54 bits per heavy atom. The Morgan fingerprint density at radius 2 is 2.08 bits per heavy atom. The summed E-state index contributed by atoms with van der Waals surface area (Å²) in [7, 11) is 3.30. The van der Waals surface area contributed by atoms with E-state index in [-0.39, 0.29) is 24.4 Å². The van der Waals surface area contributed by atoms with Crippen molar-refractivity contribution in [2.24, 2.45) is 5.92 Å². The van der Waals surface area contributed by atoms with E-state index < -0.39 is 0 Å². The molecule has 0 radical (unpaired) electrons. The van der Waals surface area contributed by atoms with Crippen LogP contribution in [0.3, 0.4) is 0 Å². The van der Waals surface area contributed by atoms with Crippen LogP contribution in [0.4, 0.5) is 0 Å². The number of hydrogen-bond acceptors (Lipinski definition) is 3. The number of carbonyl (C=O) groups excluding carboxylic acids is 1. The maximum Gasteiger partial charge on any atom is 0.307 e. The first kappa shape index (κ1) is 15.2. The fraction of sp³-hybridized carbons (Fsp3) is 0.889. The van der Waals surface area contributed by atoms with Gasteiger partial charge in [0, 0.05) is 6.04 Å². The number of hydrogen-bond donors (Lipinski definition) is 1. The molecule has 0 aliphatic heterocycles. The average Bonchev–Trinajstić information content (AvgIpc) is 2.12. The largest absolute Gasteiger partial charge is 0.469 e. The number of ether oxygens (including phenoxy) is 1. The zero-order valence-corrected chi connectivity index (χ0v) is 9.61. The standard InChI is InChI=1S/C9H19NO2.ClH/c1-5-7(2)8(10-3)6-9(11)12-4;/h7-8,10H,5-6H2,1-4H3;1H/t7-,8+;/m0./s1. The van der Waals surface area contributed by atoms with Gasteiger partial charge >= 0.3 is 5.97 Å². The second-order valence-electron chi connectivity index (χ2n) is 3.06. The molecule has 0 aromatic carbocycles. The summed E-state index contributed by atoms with van der Waals surface area (Å²) in [5.74, 6) is 0.365. The lowest BCUT2D eigenvalue weighted by atomic mass is 9.97. The van der Waals surface area contributed by atoms with Crippen LogP contribution >= 0.6 is 12.4 Å². The Morgan fingerprint density at radius 3 is 2.38 bits per heavy atom. The third kappa shape index (κ3) is 5.88. The Labute approximate surface area is 86.6 Å². The van der Waals surface area contributed by atoms with Crippen molar-refractivity contribution >= 4 is 18.4 Å². The van der Waals surface area contributed by atoms with Crippen LogP contribution in [-0.4, -0.2) is 26.2 Å². The predicted octanol–water partition coefficient (Wildman–Crippen LogP) is 1.61. The Kier molecular flexibility index (Phi) is 9.74.